The number of hydrogen-bond acceptors (Lipinski definition) is 8. The van der Waals surface area contributed by atoms with Crippen LogP contribution in [0.2, 0.25) is 0 Å². The molecule has 0 radical (unpaired) electrons. The molecule has 1 aliphatic heterocycles. The Morgan fingerprint density at radius 2 is 1.85 bits per heavy atom. The van der Waals surface area contributed by atoms with Crippen LogP contribution >= 0.6 is 24.0 Å². The number of methoxy groups -OCH3 is 2. The fraction of sp³-hybridized carbons (Fsp3) is 0.294. The molecule has 1 fully saturated rings. The van der Waals surface area contributed by atoms with Crippen LogP contribution in [0.5, 0.6) is 17.2 Å². The van der Waals surface area contributed by atoms with Gasteiger partial charge in [-0.1, -0.05) is 30.9 Å². The van der Waals surface area contributed by atoms with E-state index in [4.69, 9.17) is 31.5 Å². The minimum atomic E-state index is -1.15. The van der Waals surface area contributed by atoms with Gasteiger partial charge in [0.2, 0.25) is 5.75 Å². The Morgan fingerprint density at radius 3 is 2.33 bits per heavy atom. The third-order valence-corrected chi connectivity index (χ3v) is 4.83. The van der Waals surface area contributed by atoms with Crippen LogP contribution in [0.3, 0.4) is 0 Å². The van der Waals surface area contributed by atoms with Crippen molar-refractivity contribution in [2.45, 2.75) is 13.3 Å². The number of hydrogen-bond donors (Lipinski definition) is 1. The summed E-state index contributed by atoms with van der Waals surface area (Å²) in [6.07, 6.45) is 1.72. The van der Waals surface area contributed by atoms with Gasteiger partial charge in [-0.2, -0.15) is 0 Å². The first kappa shape index (κ1) is 20.7. The fourth-order valence-electron chi connectivity index (χ4n) is 2.19. The van der Waals surface area contributed by atoms with Gasteiger partial charge in [0.25, 0.3) is 5.91 Å². The second-order valence-electron chi connectivity index (χ2n) is 5.24. The number of thioether (sulfide) groups is 1. The third-order valence-electron chi connectivity index (χ3n) is 3.45. The highest BCUT2D eigenvalue weighted by Crippen LogP contribution is 2.40. The highest BCUT2D eigenvalue weighted by Gasteiger charge is 2.33. The zero-order chi connectivity index (χ0) is 20.1. The van der Waals surface area contributed by atoms with Gasteiger partial charge in [0, 0.05) is 6.42 Å². The molecule has 0 aromatic heterocycles. The lowest BCUT2D eigenvalue weighted by molar-refractivity contribution is -0.140. The number of carboxylic acid groups (broad SMARTS) is 1. The monoisotopic (exact) mass is 411 g/mol. The first-order valence-corrected chi connectivity index (χ1v) is 8.97. The van der Waals surface area contributed by atoms with Gasteiger partial charge in [-0.05, 0) is 23.8 Å². The van der Waals surface area contributed by atoms with E-state index in [9.17, 15) is 14.4 Å². The molecule has 2 rings (SSSR count). The molecule has 1 heterocycles. The Labute approximate surface area is 165 Å². The number of carbonyl (C=O) groups excluding carboxylic acids is 2. The zero-order valence-electron chi connectivity index (χ0n) is 14.8. The van der Waals surface area contributed by atoms with Crippen LogP contribution in [0.15, 0.2) is 17.0 Å². The zero-order valence-corrected chi connectivity index (χ0v) is 16.4. The van der Waals surface area contributed by atoms with Crippen molar-refractivity contribution in [1.29, 1.82) is 0 Å². The van der Waals surface area contributed by atoms with Gasteiger partial charge in [-0.15, -0.1) is 0 Å². The highest BCUT2D eigenvalue weighted by molar-refractivity contribution is 8.26. The van der Waals surface area contributed by atoms with Gasteiger partial charge in [-0.3, -0.25) is 19.3 Å². The summed E-state index contributed by atoms with van der Waals surface area (Å²) in [5.74, 6) is -1.45. The van der Waals surface area contributed by atoms with Crippen molar-refractivity contribution in [3.8, 4) is 17.2 Å². The van der Waals surface area contributed by atoms with Crippen LogP contribution in [-0.4, -0.2) is 52.9 Å². The van der Waals surface area contributed by atoms with Crippen molar-refractivity contribution in [2.75, 3.05) is 20.8 Å². The van der Waals surface area contributed by atoms with E-state index in [1.54, 1.807) is 19.1 Å². The lowest BCUT2D eigenvalue weighted by atomic mass is 10.1. The van der Waals surface area contributed by atoms with E-state index in [0.29, 0.717) is 5.56 Å². The van der Waals surface area contributed by atoms with Crippen LogP contribution in [0.25, 0.3) is 6.08 Å². The largest absolute Gasteiger partial charge is 0.493 e. The van der Waals surface area contributed by atoms with Gasteiger partial charge in [0.05, 0.1) is 19.1 Å². The van der Waals surface area contributed by atoms with Crippen LogP contribution in [-0.2, 0) is 14.4 Å². The maximum atomic E-state index is 12.4. The van der Waals surface area contributed by atoms with Gasteiger partial charge >= 0.3 is 11.9 Å². The molecule has 0 atom stereocenters. The SMILES string of the molecule is CCC(=O)Oc1c(OC)cc(/C=C2\SC(=S)N(CC(=O)O)C2=O)cc1OC. The third kappa shape index (κ3) is 4.77. The Kier molecular flexibility index (Phi) is 6.81. The number of aliphatic carboxylic acids is 1. The standard InChI is InChI=1S/C17H17NO7S2/c1-4-14(21)25-15-10(23-2)5-9(6-11(15)24-3)7-12-16(22)18(8-13(19)20)17(26)27-12/h5-7H,4,8H2,1-3H3,(H,19,20)/b12-7-. The Hall–Kier alpha value is -2.59. The van der Waals surface area contributed by atoms with Crippen molar-refractivity contribution >= 4 is 52.2 Å². The lowest BCUT2D eigenvalue weighted by Crippen LogP contribution is -2.33. The van der Waals surface area contributed by atoms with Crippen molar-refractivity contribution in [1.82, 2.24) is 4.90 Å². The number of carbonyl (C=O) groups is 3. The van der Waals surface area contributed by atoms with Crippen molar-refractivity contribution in [3.63, 3.8) is 0 Å². The molecule has 8 nitrogen and oxygen atoms in total. The van der Waals surface area contributed by atoms with Gasteiger partial charge in [0.15, 0.2) is 11.5 Å². The first-order chi connectivity index (χ1) is 12.8. The molecule has 0 spiro atoms. The molecular formula is C17H17NO7S2. The second-order valence-corrected chi connectivity index (χ2v) is 6.92. The molecule has 144 valence electrons. The molecule has 1 aromatic carbocycles. The lowest BCUT2D eigenvalue weighted by Gasteiger charge is -2.14. The average molecular weight is 411 g/mol. The van der Waals surface area contributed by atoms with E-state index in [1.165, 1.54) is 20.3 Å². The number of nitrogens with zero attached hydrogens (tertiary/aromatic N) is 1. The van der Waals surface area contributed by atoms with E-state index >= 15 is 0 Å². The van der Waals surface area contributed by atoms with Gasteiger partial charge in [0.1, 0.15) is 10.9 Å². The van der Waals surface area contributed by atoms with Gasteiger partial charge in [-0.25, -0.2) is 0 Å². The predicted molar refractivity (Wildman–Crippen MR) is 103 cm³/mol. The maximum Gasteiger partial charge on any atom is 0.323 e. The summed E-state index contributed by atoms with van der Waals surface area (Å²) in [6, 6.07) is 3.15. The molecule has 1 saturated heterocycles. The Morgan fingerprint density at radius 1 is 1.26 bits per heavy atom. The molecule has 1 N–H and O–H groups in total. The molecule has 1 amide bonds. The number of esters is 1. The Bertz CT molecular complexity index is 810. The highest BCUT2D eigenvalue weighted by atomic mass is 32.2. The number of carboxylic acids is 1. The molecule has 27 heavy (non-hydrogen) atoms. The number of rotatable bonds is 7. The Balaban J connectivity index is 2.40. The molecule has 1 aromatic rings. The normalized spacial score (nSPS) is 15.2. The molecule has 1 aliphatic rings. The van der Waals surface area contributed by atoms with E-state index in [2.05, 4.69) is 0 Å². The molecule has 0 bridgehead atoms. The number of amides is 1. The summed E-state index contributed by atoms with van der Waals surface area (Å²) in [6.45, 7) is 1.16. The van der Waals surface area contributed by atoms with Crippen molar-refractivity contribution < 1.29 is 33.7 Å². The average Bonchev–Trinajstić information content (AvgIpc) is 2.89. The molecule has 0 saturated carbocycles. The van der Waals surface area contributed by atoms with Gasteiger partial charge < -0.3 is 19.3 Å². The molecule has 0 aliphatic carbocycles. The minimum absolute atomic E-state index is 0.141. The number of thiocarbonyl (C=S) groups is 1. The number of benzene rings is 1. The summed E-state index contributed by atoms with van der Waals surface area (Å²) in [7, 11) is 2.82. The second kappa shape index (κ2) is 8.87. The van der Waals surface area contributed by atoms with E-state index < -0.39 is 24.4 Å². The van der Waals surface area contributed by atoms with Crippen LogP contribution in [0, 0.1) is 0 Å². The van der Waals surface area contributed by atoms with Crippen LogP contribution in [0.4, 0.5) is 0 Å². The first-order valence-electron chi connectivity index (χ1n) is 7.74. The topological polar surface area (TPSA) is 102 Å². The van der Waals surface area contributed by atoms with Crippen molar-refractivity contribution in [2.24, 2.45) is 0 Å². The van der Waals surface area contributed by atoms with E-state index in [1.807, 2.05) is 0 Å². The van der Waals surface area contributed by atoms with Crippen LogP contribution in [0.1, 0.15) is 18.9 Å². The smallest absolute Gasteiger partial charge is 0.323 e. The number of ether oxygens (including phenoxy) is 3. The summed E-state index contributed by atoms with van der Waals surface area (Å²) in [5.41, 5.74) is 0.538. The quantitative estimate of drug-likeness (QED) is 0.313. The summed E-state index contributed by atoms with van der Waals surface area (Å²) >= 11 is 6.07. The van der Waals surface area contributed by atoms with E-state index in [0.717, 1.165) is 16.7 Å². The predicted octanol–water partition coefficient (Wildman–Crippen LogP) is 2.30. The maximum absolute atomic E-state index is 12.4. The molecular weight excluding hydrogens is 394 g/mol. The molecule has 0 unspecified atom stereocenters. The summed E-state index contributed by atoms with van der Waals surface area (Å²) in [4.78, 5) is 36.1. The summed E-state index contributed by atoms with van der Waals surface area (Å²) in [5, 5.41) is 8.89. The van der Waals surface area contributed by atoms with Crippen molar-refractivity contribution in [3.05, 3.63) is 22.6 Å². The molecule has 10 heteroatoms. The summed E-state index contributed by atoms with van der Waals surface area (Å²) < 4.78 is 16.0. The minimum Gasteiger partial charge on any atom is -0.493 e. The fourth-order valence-corrected chi connectivity index (χ4v) is 3.45. The van der Waals surface area contributed by atoms with Crippen LogP contribution < -0.4 is 14.2 Å². The van der Waals surface area contributed by atoms with E-state index in [-0.39, 0.29) is 32.9 Å².